The standard InChI is InChI=1S/C20H17F3N2O3/c1-12(26)24-16-5-4-15(20(21,22)23)11-17(16)25-19(27)7-3-13-2-6-18-14(10-13)8-9-28-18/h2-7,10-11H,8-9H2,1H3,(H,24,26)(H,25,27)/b7-3+. The van der Waals surface area contributed by atoms with Gasteiger partial charge in [0.25, 0.3) is 0 Å². The summed E-state index contributed by atoms with van der Waals surface area (Å²) in [6.45, 7) is 1.84. The van der Waals surface area contributed by atoms with Crippen LogP contribution >= 0.6 is 0 Å². The highest BCUT2D eigenvalue weighted by Crippen LogP contribution is 2.34. The molecule has 0 fully saturated rings. The Morgan fingerprint density at radius 2 is 1.86 bits per heavy atom. The minimum Gasteiger partial charge on any atom is -0.493 e. The molecule has 0 atom stereocenters. The van der Waals surface area contributed by atoms with Crippen molar-refractivity contribution in [1.82, 2.24) is 0 Å². The average molecular weight is 390 g/mol. The van der Waals surface area contributed by atoms with Gasteiger partial charge in [0, 0.05) is 19.4 Å². The quantitative estimate of drug-likeness (QED) is 0.767. The van der Waals surface area contributed by atoms with Crippen LogP contribution in [0.4, 0.5) is 24.5 Å². The van der Waals surface area contributed by atoms with E-state index in [9.17, 15) is 22.8 Å². The summed E-state index contributed by atoms with van der Waals surface area (Å²) in [5.41, 5.74) is 0.817. The summed E-state index contributed by atoms with van der Waals surface area (Å²) in [5.74, 6) is -0.278. The number of nitrogens with one attached hydrogen (secondary N) is 2. The molecule has 8 heteroatoms. The minimum atomic E-state index is -4.57. The zero-order valence-electron chi connectivity index (χ0n) is 14.9. The normalized spacial score (nSPS) is 13.1. The number of fused-ring (bicyclic) bond motifs is 1. The molecule has 2 aromatic carbocycles. The van der Waals surface area contributed by atoms with E-state index in [-0.39, 0.29) is 11.4 Å². The average Bonchev–Trinajstić information content (AvgIpc) is 3.08. The molecule has 28 heavy (non-hydrogen) atoms. The number of hydrogen-bond donors (Lipinski definition) is 2. The molecular weight excluding hydrogens is 373 g/mol. The third kappa shape index (κ3) is 4.70. The number of rotatable bonds is 4. The first-order chi connectivity index (χ1) is 13.2. The Kier molecular flexibility index (Phi) is 5.39. The van der Waals surface area contributed by atoms with E-state index in [2.05, 4.69) is 10.6 Å². The van der Waals surface area contributed by atoms with Crippen LogP contribution in [0, 0.1) is 0 Å². The molecule has 0 spiro atoms. The van der Waals surface area contributed by atoms with Crippen molar-refractivity contribution >= 4 is 29.3 Å². The monoisotopic (exact) mass is 390 g/mol. The smallest absolute Gasteiger partial charge is 0.416 e. The van der Waals surface area contributed by atoms with Crippen LogP contribution in [-0.4, -0.2) is 18.4 Å². The van der Waals surface area contributed by atoms with Gasteiger partial charge in [-0.05, 0) is 47.5 Å². The van der Waals surface area contributed by atoms with Gasteiger partial charge in [0.15, 0.2) is 0 Å². The first-order valence-electron chi connectivity index (χ1n) is 8.46. The molecule has 146 valence electrons. The summed E-state index contributed by atoms with van der Waals surface area (Å²) in [6, 6.07) is 8.19. The van der Waals surface area contributed by atoms with Crippen molar-refractivity contribution in [2.45, 2.75) is 19.5 Å². The number of halogens is 3. The molecular formula is C20H17F3N2O3. The molecule has 0 radical (unpaired) electrons. The zero-order chi connectivity index (χ0) is 20.3. The topological polar surface area (TPSA) is 67.4 Å². The highest BCUT2D eigenvalue weighted by molar-refractivity contribution is 6.05. The Morgan fingerprint density at radius 1 is 1.07 bits per heavy atom. The number of carbonyl (C=O) groups excluding carboxylic acids is 2. The maximum Gasteiger partial charge on any atom is 0.416 e. The van der Waals surface area contributed by atoms with Gasteiger partial charge in [-0.1, -0.05) is 6.07 Å². The second-order valence-electron chi connectivity index (χ2n) is 6.23. The second-order valence-corrected chi connectivity index (χ2v) is 6.23. The van der Waals surface area contributed by atoms with Crippen molar-refractivity contribution in [1.29, 1.82) is 0 Å². The highest BCUT2D eigenvalue weighted by atomic mass is 19.4. The molecule has 0 saturated heterocycles. The molecule has 2 amide bonds. The number of hydrogen-bond acceptors (Lipinski definition) is 3. The van der Waals surface area contributed by atoms with Gasteiger partial charge in [0.05, 0.1) is 23.5 Å². The lowest BCUT2D eigenvalue weighted by Crippen LogP contribution is -2.14. The van der Waals surface area contributed by atoms with Crippen LogP contribution in [0.25, 0.3) is 6.08 Å². The molecule has 2 N–H and O–H groups in total. The van der Waals surface area contributed by atoms with E-state index in [0.717, 1.165) is 41.5 Å². The minimum absolute atomic E-state index is 0.0805. The Bertz CT molecular complexity index is 952. The van der Waals surface area contributed by atoms with Crippen LogP contribution in [0.2, 0.25) is 0 Å². The largest absolute Gasteiger partial charge is 0.493 e. The van der Waals surface area contributed by atoms with Crippen LogP contribution < -0.4 is 15.4 Å². The summed E-state index contributed by atoms with van der Waals surface area (Å²) in [5, 5.41) is 4.79. The predicted molar refractivity (Wildman–Crippen MR) is 99.1 cm³/mol. The Balaban J connectivity index is 1.79. The molecule has 2 aromatic rings. The molecule has 0 aliphatic carbocycles. The zero-order valence-corrected chi connectivity index (χ0v) is 14.9. The van der Waals surface area contributed by atoms with Gasteiger partial charge < -0.3 is 15.4 Å². The molecule has 5 nitrogen and oxygen atoms in total. The van der Waals surface area contributed by atoms with Gasteiger partial charge in [0.2, 0.25) is 11.8 Å². The van der Waals surface area contributed by atoms with Gasteiger partial charge in [-0.25, -0.2) is 0 Å². The van der Waals surface area contributed by atoms with E-state index in [0.29, 0.717) is 6.61 Å². The van der Waals surface area contributed by atoms with E-state index in [4.69, 9.17) is 4.74 Å². The van der Waals surface area contributed by atoms with Crippen molar-refractivity contribution in [3.05, 3.63) is 59.2 Å². The number of alkyl halides is 3. The number of ether oxygens (including phenoxy) is 1. The van der Waals surface area contributed by atoms with Crippen molar-refractivity contribution < 1.29 is 27.5 Å². The Morgan fingerprint density at radius 3 is 2.57 bits per heavy atom. The van der Waals surface area contributed by atoms with Crippen molar-refractivity contribution in [2.75, 3.05) is 17.2 Å². The van der Waals surface area contributed by atoms with Gasteiger partial charge in [-0.3, -0.25) is 9.59 Å². The first-order valence-corrected chi connectivity index (χ1v) is 8.46. The van der Waals surface area contributed by atoms with Gasteiger partial charge in [-0.15, -0.1) is 0 Å². The van der Waals surface area contributed by atoms with Crippen LogP contribution in [0.15, 0.2) is 42.5 Å². The van der Waals surface area contributed by atoms with Crippen LogP contribution in [0.1, 0.15) is 23.6 Å². The first kappa shape index (κ1) is 19.5. The van der Waals surface area contributed by atoms with Crippen molar-refractivity contribution in [2.24, 2.45) is 0 Å². The summed E-state index contributed by atoms with van der Waals surface area (Å²) in [6.07, 6.45) is -1.01. The fraction of sp³-hybridized carbons (Fsp3) is 0.200. The van der Waals surface area contributed by atoms with Crippen LogP contribution in [-0.2, 0) is 22.2 Å². The molecule has 3 rings (SSSR count). The lowest BCUT2D eigenvalue weighted by Gasteiger charge is -2.14. The lowest BCUT2D eigenvalue weighted by molar-refractivity contribution is -0.137. The fourth-order valence-corrected chi connectivity index (χ4v) is 2.78. The molecule has 0 bridgehead atoms. The van der Waals surface area contributed by atoms with Crippen LogP contribution in [0.3, 0.4) is 0 Å². The third-order valence-electron chi connectivity index (χ3n) is 4.06. The summed E-state index contributed by atoms with van der Waals surface area (Å²) in [4.78, 5) is 23.5. The van der Waals surface area contributed by atoms with Crippen LogP contribution in [0.5, 0.6) is 5.75 Å². The van der Waals surface area contributed by atoms with Gasteiger partial charge >= 0.3 is 6.18 Å². The molecule has 1 aliphatic rings. The Hall–Kier alpha value is -3.29. The number of carbonyl (C=O) groups is 2. The summed E-state index contributed by atoms with van der Waals surface area (Å²) in [7, 11) is 0. The maximum absolute atomic E-state index is 13.0. The molecule has 0 aromatic heterocycles. The number of benzene rings is 2. The fourth-order valence-electron chi connectivity index (χ4n) is 2.78. The van der Waals surface area contributed by atoms with Crippen molar-refractivity contribution in [3.63, 3.8) is 0 Å². The van der Waals surface area contributed by atoms with E-state index >= 15 is 0 Å². The summed E-state index contributed by atoms with van der Waals surface area (Å²) < 4.78 is 44.3. The van der Waals surface area contributed by atoms with E-state index in [1.54, 1.807) is 12.1 Å². The van der Waals surface area contributed by atoms with Gasteiger partial charge in [-0.2, -0.15) is 13.2 Å². The lowest BCUT2D eigenvalue weighted by atomic mass is 10.1. The van der Waals surface area contributed by atoms with E-state index in [1.165, 1.54) is 13.0 Å². The van der Waals surface area contributed by atoms with Crippen molar-refractivity contribution in [3.8, 4) is 5.75 Å². The van der Waals surface area contributed by atoms with Gasteiger partial charge in [0.1, 0.15) is 5.75 Å². The number of amides is 2. The molecule has 1 aliphatic heterocycles. The SMILES string of the molecule is CC(=O)Nc1ccc(C(F)(F)F)cc1NC(=O)/C=C/c1ccc2c(c1)CCO2. The molecule has 0 saturated carbocycles. The molecule has 1 heterocycles. The predicted octanol–water partition coefficient (Wildman–Crippen LogP) is 4.25. The van der Waals surface area contributed by atoms with E-state index < -0.39 is 23.6 Å². The third-order valence-corrected chi connectivity index (χ3v) is 4.06. The number of anilines is 2. The second kappa shape index (κ2) is 7.75. The van der Waals surface area contributed by atoms with E-state index in [1.807, 2.05) is 12.1 Å². The maximum atomic E-state index is 13.0. The molecule has 0 unspecified atom stereocenters. The summed E-state index contributed by atoms with van der Waals surface area (Å²) >= 11 is 0. The Labute approximate surface area is 159 Å². The highest BCUT2D eigenvalue weighted by Gasteiger charge is 2.31.